The van der Waals surface area contributed by atoms with Crippen molar-refractivity contribution in [2.75, 3.05) is 5.73 Å². The molecule has 3 nitrogen and oxygen atoms in total. The molecule has 0 unspecified atom stereocenters. The van der Waals surface area contributed by atoms with Crippen LogP contribution in [0, 0.1) is 5.82 Å². The summed E-state index contributed by atoms with van der Waals surface area (Å²) in [4.78, 5) is 4.45. The Morgan fingerprint density at radius 3 is 2.52 bits per heavy atom. The van der Waals surface area contributed by atoms with E-state index in [0.29, 0.717) is 28.1 Å². The third kappa shape index (κ3) is 1.76. The molecule has 0 fully saturated rings. The number of hydrogen-bond donors (Lipinski definition) is 1. The van der Waals surface area contributed by atoms with Crippen molar-refractivity contribution in [3.63, 3.8) is 0 Å². The lowest BCUT2D eigenvalue weighted by atomic mass is 10.0. The van der Waals surface area contributed by atoms with Crippen molar-refractivity contribution in [2.45, 2.75) is 0 Å². The predicted octanol–water partition coefficient (Wildman–Crippen LogP) is 4.37. The number of para-hydroxylation sites is 1. The van der Waals surface area contributed by atoms with E-state index in [4.69, 9.17) is 10.2 Å². The average Bonchev–Trinajstić information content (AvgIpc) is 2.93. The van der Waals surface area contributed by atoms with Gasteiger partial charge >= 0.3 is 0 Å². The van der Waals surface area contributed by atoms with Crippen LogP contribution in [0.1, 0.15) is 0 Å². The maximum atomic E-state index is 13.9. The zero-order chi connectivity index (χ0) is 14.4. The molecule has 0 atom stereocenters. The van der Waals surface area contributed by atoms with E-state index >= 15 is 0 Å². The smallest absolute Gasteiger partial charge is 0.228 e. The molecule has 21 heavy (non-hydrogen) atoms. The lowest BCUT2D eigenvalue weighted by Gasteiger charge is -2.03. The lowest BCUT2D eigenvalue weighted by Crippen LogP contribution is -1.86. The molecule has 0 aliphatic heterocycles. The fourth-order valence-electron chi connectivity index (χ4n) is 2.53. The molecule has 0 spiro atoms. The minimum atomic E-state index is -0.259. The topological polar surface area (TPSA) is 52.0 Å². The molecular weight excluding hydrogens is 267 g/mol. The Labute approximate surface area is 119 Å². The molecule has 0 saturated heterocycles. The van der Waals surface area contributed by atoms with Gasteiger partial charge in [-0.15, -0.1) is 0 Å². The number of anilines is 1. The molecule has 0 bridgehead atoms. The van der Waals surface area contributed by atoms with E-state index in [9.17, 15) is 4.39 Å². The highest BCUT2D eigenvalue weighted by atomic mass is 19.1. The SMILES string of the molecule is Nc1cccc2oc(-c3ccc(F)c4ccccc34)nc12. The second kappa shape index (κ2) is 4.31. The number of nitrogen functional groups attached to an aromatic ring is 1. The van der Waals surface area contributed by atoms with E-state index in [1.807, 2.05) is 24.3 Å². The molecule has 1 heterocycles. The normalized spacial score (nSPS) is 11.3. The predicted molar refractivity (Wildman–Crippen MR) is 81.3 cm³/mol. The van der Waals surface area contributed by atoms with Gasteiger partial charge < -0.3 is 10.2 Å². The second-order valence-electron chi connectivity index (χ2n) is 4.85. The van der Waals surface area contributed by atoms with Crippen LogP contribution in [0.25, 0.3) is 33.3 Å². The van der Waals surface area contributed by atoms with Gasteiger partial charge in [0.25, 0.3) is 0 Å². The third-order valence-electron chi connectivity index (χ3n) is 3.55. The highest BCUT2D eigenvalue weighted by Gasteiger charge is 2.14. The summed E-state index contributed by atoms with van der Waals surface area (Å²) < 4.78 is 19.6. The summed E-state index contributed by atoms with van der Waals surface area (Å²) in [5.41, 5.74) is 8.47. The number of aromatic nitrogens is 1. The van der Waals surface area contributed by atoms with Crippen LogP contribution in [0.5, 0.6) is 0 Å². The van der Waals surface area contributed by atoms with E-state index in [1.165, 1.54) is 6.07 Å². The average molecular weight is 278 g/mol. The van der Waals surface area contributed by atoms with Crippen molar-refractivity contribution >= 4 is 27.6 Å². The highest BCUT2D eigenvalue weighted by Crippen LogP contribution is 2.32. The Hall–Kier alpha value is -2.88. The summed E-state index contributed by atoms with van der Waals surface area (Å²) >= 11 is 0. The Bertz CT molecular complexity index is 975. The highest BCUT2D eigenvalue weighted by molar-refractivity contribution is 5.97. The summed E-state index contributed by atoms with van der Waals surface area (Å²) in [5, 5.41) is 1.31. The molecule has 1 aromatic heterocycles. The number of oxazole rings is 1. The van der Waals surface area contributed by atoms with Gasteiger partial charge in [0.05, 0.1) is 5.69 Å². The van der Waals surface area contributed by atoms with Gasteiger partial charge in [0.15, 0.2) is 5.58 Å². The lowest BCUT2D eigenvalue weighted by molar-refractivity contribution is 0.619. The largest absolute Gasteiger partial charge is 0.436 e. The molecule has 3 aromatic carbocycles. The quantitative estimate of drug-likeness (QED) is 0.526. The fourth-order valence-corrected chi connectivity index (χ4v) is 2.53. The molecule has 0 aliphatic rings. The maximum Gasteiger partial charge on any atom is 0.228 e. The van der Waals surface area contributed by atoms with E-state index in [-0.39, 0.29) is 5.82 Å². The molecular formula is C17H11FN2O. The van der Waals surface area contributed by atoms with Gasteiger partial charge in [-0.25, -0.2) is 9.37 Å². The summed E-state index contributed by atoms with van der Waals surface area (Å²) in [7, 11) is 0. The monoisotopic (exact) mass is 278 g/mol. The molecule has 0 saturated carbocycles. The van der Waals surface area contributed by atoms with Crippen molar-refractivity contribution in [3.05, 3.63) is 60.4 Å². The zero-order valence-corrected chi connectivity index (χ0v) is 11.0. The van der Waals surface area contributed by atoms with Crippen molar-refractivity contribution < 1.29 is 8.81 Å². The van der Waals surface area contributed by atoms with E-state index in [0.717, 1.165) is 10.9 Å². The van der Waals surface area contributed by atoms with Crippen LogP contribution in [-0.2, 0) is 0 Å². The molecule has 2 N–H and O–H groups in total. The van der Waals surface area contributed by atoms with Crippen LogP contribution < -0.4 is 5.73 Å². The first-order valence-corrected chi connectivity index (χ1v) is 6.57. The first kappa shape index (κ1) is 11.9. The van der Waals surface area contributed by atoms with Crippen LogP contribution in [-0.4, -0.2) is 4.98 Å². The molecule has 4 aromatic rings. The van der Waals surface area contributed by atoms with Gasteiger partial charge in [-0.3, -0.25) is 0 Å². The fraction of sp³-hybridized carbons (Fsp3) is 0. The number of nitrogens with zero attached hydrogens (tertiary/aromatic N) is 1. The van der Waals surface area contributed by atoms with E-state index in [2.05, 4.69) is 4.98 Å². The Kier molecular flexibility index (Phi) is 2.44. The molecule has 102 valence electrons. The summed E-state index contributed by atoms with van der Waals surface area (Å²) in [6.45, 7) is 0. The minimum Gasteiger partial charge on any atom is -0.436 e. The van der Waals surface area contributed by atoms with Gasteiger partial charge in [0.1, 0.15) is 11.3 Å². The van der Waals surface area contributed by atoms with Crippen molar-refractivity contribution in [1.29, 1.82) is 0 Å². The Balaban J connectivity index is 2.05. The van der Waals surface area contributed by atoms with Gasteiger partial charge in [0, 0.05) is 10.9 Å². The minimum absolute atomic E-state index is 0.259. The van der Waals surface area contributed by atoms with E-state index in [1.54, 1.807) is 24.3 Å². The zero-order valence-electron chi connectivity index (χ0n) is 11.0. The van der Waals surface area contributed by atoms with Crippen LogP contribution in [0.3, 0.4) is 0 Å². The number of nitrogens with two attached hydrogens (primary N) is 1. The van der Waals surface area contributed by atoms with Crippen LogP contribution >= 0.6 is 0 Å². The standard InChI is InChI=1S/C17H11FN2O/c18-13-9-8-12(10-4-1-2-5-11(10)13)17-20-16-14(19)6-3-7-15(16)21-17/h1-9H,19H2. The first-order valence-electron chi connectivity index (χ1n) is 6.57. The van der Waals surface area contributed by atoms with Gasteiger partial charge in [0.2, 0.25) is 5.89 Å². The van der Waals surface area contributed by atoms with Crippen molar-refractivity contribution in [3.8, 4) is 11.5 Å². The Morgan fingerprint density at radius 2 is 1.71 bits per heavy atom. The maximum absolute atomic E-state index is 13.9. The molecule has 4 heteroatoms. The van der Waals surface area contributed by atoms with Gasteiger partial charge in [-0.2, -0.15) is 0 Å². The molecule has 0 aliphatic carbocycles. The van der Waals surface area contributed by atoms with Crippen LogP contribution in [0.4, 0.5) is 10.1 Å². The molecule has 4 rings (SSSR count). The summed E-state index contributed by atoms with van der Waals surface area (Å²) in [6, 6.07) is 15.8. The second-order valence-corrected chi connectivity index (χ2v) is 4.85. The van der Waals surface area contributed by atoms with Gasteiger partial charge in [-0.1, -0.05) is 30.3 Å². The summed E-state index contributed by atoms with van der Waals surface area (Å²) in [6.07, 6.45) is 0. The van der Waals surface area contributed by atoms with Gasteiger partial charge in [-0.05, 0) is 29.7 Å². The first-order chi connectivity index (χ1) is 10.2. The third-order valence-corrected chi connectivity index (χ3v) is 3.55. The molecule has 0 amide bonds. The molecule has 0 radical (unpaired) electrons. The number of halogens is 1. The van der Waals surface area contributed by atoms with E-state index < -0.39 is 0 Å². The Morgan fingerprint density at radius 1 is 0.905 bits per heavy atom. The number of fused-ring (bicyclic) bond motifs is 2. The number of hydrogen-bond acceptors (Lipinski definition) is 3. The van der Waals surface area contributed by atoms with Crippen molar-refractivity contribution in [2.24, 2.45) is 0 Å². The van der Waals surface area contributed by atoms with Crippen molar-refractivity contribution in [1.82, 2.24) is 4.98 Å². The number of rotatable bonds is 1. The number of benzene rings is 3. The summed E-state index contributed by atoms with van der Waals surface area (Å²) in [5.74, 6) is 0.184. The van der Waals surface area contributed by atoms with Crippen LogP contribution in [0.2, 0.25) is 0 Å². The van der Waals surface area contributed by atoms with Crippen LogP contribution in [0.15, 0.2) is 59.0 Å².